The number of amides is 1. The van der Waals surface area contributed by atoms with E-state index in [2.05, 4.69) is 5.32 Å². The minimum absolute atomic E-state index is 0.150. The quantitative estimate of drug-likeness (QED) is 0.573. The molecule has 1 N–H and O–H groups in total. The third-order valence-electron chi connectivity index (χ3n) is 2.15. The summed E-state index contributed by atoms with van der Waals surface area (Å²) in [6, 6.07) is 4.20. The fourth-order valence-electron chi connectivity index (χ4n) is 1.32. The fourth-order valence-corrected chi connectivity index (χ4v) is 1.39. The third-order valence-corrected chi connectivity index (χ3v) is 2.39. The molecule has 0 aliphatic heterocycles. The Balaban J connectivity index is 2.88. The average Bonchev–Trinajstić information content (AvgIpc) is 2.40. The Labute approximate surface area is 115 Å². The maximum Gasteiger partial charge on any atom is 0.239 e. The minimum Gasteiger partial charge on any atom is -0.545 e. The smallest absolute Gasteiger partial charge is 0.239 e. The number of rotatable bonds is 7. The molecule has 0 aliphatic rings. The van der Waals surface area contributed by atoms with Crippen LogP contribution in [-0.4, -0.2) is 38.1 Å². The van der Waals surface area contributed by atoms with Gasteiger partial charge >= 0.3 is 0 Å². The molecule has 0 radical (unpaired) electrons. The van der Waals surface area contributed by atoms with Crippen LogP contribution >= 0.6 is 11.6 Å². The molecule has 0 bridgehead atoms. The summed E-state index contributed by atoms with van der Waals surface area (Å²) in [5.41, 5.74) is 0.160. The molecule has 104 valence electrons. The van der Waals surface area contributed by atoms with E-state index in [-0.39, 0.29) is 23.8 Å². The van der Waals surface area contributed by atoms with Crippen molar-refractivity contribution in [3.63, 3.8) is 0 Å². The van der Waals surface area contributed by atoms with Gasteiger partial charge in [0.05, 0.1) is 12.6 Å². The SMILES string of the molecule is COCCOc1ccc(NC(=O)CCl)cc1C(=O)[O-]. The zero-order chi connectivity index (χ0) is 14.3. The largest absolute Gasteiger partial charge is 0.545 e. The number of nitrogens with one attached hydrogen (secondary N) is 1. The molecule has 0 saturated heterocycles. The number of halogens is 1. The van der Waals surface area contributed by atoms with Crippen LogP contribution in [0, 0.1) is 0 Å². The van der Waals surface area contributed by atoms with Gasteiger partial charge in [-0.25, -0.2) is 0 Å². The van der Waals surface area contributed by atoms with Gasteiger partial charge in [0.15, 0.2) is 0 Å². The number of ether oxygens (including phenoxy) is 2. The fraction of sp³-hybridized carbons (Fsp3) is 0.333. The molecule has 6 nitrogen and oxygen atoms in total. The van der Waals surface area contributed by atoms with Crippen molar-refractivity contribution in [1.29, 1.82) is 0 Å². The highest BCUT2D eigenvalue weighted by molar-refractivity contribution is 6.29. The molecule has 0 spiro atoms. The molecule has 1 aromatic rings. The topological polar surface area (TPSA) is 87.7 Å². The van der Waals surface area contributed by atoms with Crippen LogP contribution < -0.4 is 15.2 Å². The molecule has 1 aromatic carbocycles. The summed E-state index contributed by atoms with van der Waals surface area (Å²) < 4.78 is 10.0. The van der Waals surface area contributed by atoms with Crippen LogP contribution in [-0.2, 0) is 9.53 Å². The summed E-state index contributed by atoms with van der Waals surface area (Å²) in [5, 5.41) is 13.4. The number of anilines is 1. The Morgan fingerprint density at radius 3 is 2.68 bits per heavy atom. The molecule has 19 heavy (non-hydrogen) atoms. The van der Waals surface area contributed by atoms with E-state index in [4.69, 9.17) is 21.1 Å². The third kappa shape index (κ3) is 4.76. The second kappa shape index (κ2) is 7.60. The lowest BCUT2D eigenvalue weighted by Crippen LogP contribution is -2.24. The van der Waals surface area contributed by atoms with Gasteiger partial charge in [-0.1, -0.05) is 0 Å². The van der Waals surface area contributed by atoms with Crippen LogP contribution in [0.4, 0.5) is 5.69 Å². The Morgan fingerprint density at radius 2 is 2.11 bits per heavy atom. The highest BCUT2D eigenvalue weighted by atomic mass is 35.5. The number of benzene rings is 1. The summed E-state index contributed by atoms with van der Waals surface area (Å²) in [7, 11) is 1.51. The number of carbonyl (C=O) groups excluding carboxylic acids is 2. The van der Waals surface area contributed by atoms with Gasteiger partial charge in [-0.05, 0) is 18.2 Å². The van der Waals surface area contributed by atoms with Crippen molar-refractivity contribution in [3.05, 3.63) is 23.8 Å². The molecule has 7 heteroatoms. The molecular formula is C12H13ClNO5-. The summed E-state index contributed by atoms with van der Waals surface area (Å²) in [6.45, 7) is 0.543. The van der Waals surface area contributed by atoms with E-state index in [0.717, 1.165) is 0 Å². The zero-order valence-electron chi connectivity index (χ0n) is 10.3. The van der Waals surface area contributed by atoms with Crippen LogP contribution in [0.5, 0.6) is 5.75 Å². The van der Waals surface area contributed by atoms with Gasteiger partial charge in [-0.15, -0.1) is 11.6 Å². The zero-order valence-corrected chi connectivity index (χ0v) is 11.0. The Bertz CT molecular complexity index is 463. The highest BCUT2D eigenvalue weighted by Crippen LogP contribution is 2.22. The van der Waals surface area contributed by atoms with Gasteiger partial charge in [0, 0.05) is 18.4 Å². The summed E-state index contributed by atoms with van der Waals surface area (Å²) in [4.78, 5) is 22.1. The van der Waals surface area contributed by atoms with E-state index in [9.17, 15) is 14.7 Å². The van der Waals surface area contributed by atoms with E-state index in [1.54, 1.807) is 0 Å². The molecule has 0 atom stereocenters. The van der Waals surface area contributed by atoms with Crippen LogP contribution in [0.25, 0.3) is 0 Å². The maximum absolute atomic E-state index is 11.1. The summed E-state index contributed by atoms with van der Waals surface area (Å²) in [6.07, 6.45) is 0. The van der Waals surface area contributed by atoms with Crippen molar-refractivity contribution >= 4 is 29.2 Å². The Kier molecular flexibility index (Phi) is 6.11. The van der Waals surface area contributed by atoms with Crippen LogP contribution in [0.15, 0.2) is 18.2 Å². The first kappa shape index (κ1) is 15.3. The van der Waals surface area contributed by atoms with Crippen molar-refractivity contribution in [3.8, 4) is 5.75 Å². The van der Waals surface area contributed by atoms with Crippen molar-refractivity contribution in [1.82, 2.24) is 0 Å². The first-order valence-electron chi connectivity index (χ1n) is 5.41. The lowest BCUT2D eigenvalue weighted by atomic mass is 10.1. The normalized spacial score (nSPS) is 10.0. The average molecular weight is 287 g/mol. The molecule has 1 rings (SSSR count). The van der Waals surface area contributed by atoms with Gasteiger partial charge in [0.2, 0.25) is 5.91 Å². The van der Waals surface area contributed by atoms with Gasteiger partial charge in [-0.3, -0.25) is 4.79 Å². The van der Waals surface area contributed by atoms with E-state index in [1.807, 2.05) is 0 Å². The molecule has 0 aromatic heterocycles. The van der Waals surface area contributed by atoms with E-state index < -0.39 is 11.9 Å². The number of carboxylic acids is 1. The molecule has 1 amide bonds. The summed E-state index contributed by atoms with van der Waals surface area (Å²) >= 11 is 5.34. The lowest BCUT2D eigenvalue weighted by Gasteiger charge is -2.14. The molecule has 0 heterocycles. The molecule has 0 aliphatic carbocycles. The highest BCUT2D eigenvalue weighted by Gasteiger charge is 2.08. The predicted octanol–water partition coefficient (Wildman–Crippen LogP) is 0.253. The predicted molar refractivity (Wildman–Crippen MR) is 67.5 cm³/mol. The first-order chi connectivity index (χ1) is 9.08. The number of hydrogen-bond acceptors (Lipinski definition) is 5. The van der Waals surface area contributed by atoms with E-state index in [0.29, 0.717) is 12.3 Å². The van der Waals surface area contributed by atoms with E-state index in [1.165, 1.54) is 25.3 Å². The monoisotopic (exact) mass is 286 g/mol. The maximum atomic E-state index is 11.1. The van der Waals surface area contributed by atoms with Crippen molar-refractivity contribution in [2.24, 2.45) is 0 Å². The number of methoxy groups -OCH3 is 1. The second-order valence-corrected chi connectivity index (χ2v) is 3.79. The number of hydrogen-bond donors (Lipinski definition) is 1. The molecule has 0 fully saturated rings. The summed E-state index contributed by atoms with van der Waals surface area (Å²) in [5.74, 6) is -1.89. The number of carbonyl (C=O) groups is 2. The van der Waals surface area contributed by atoms with Crippen molar-refractivity contribution < 1.29 is 24.2 Å². The standard InChI is InChI=1S/C12H14ClNO5/c1-18-4-5-19-10-3-2-8(14-11(15)7-13)6-9(10)12(16)17/h2-3,6H,4-5,7H2,1H3,(H,14,15)(H,16,17)/p-1. The van der Waals surface area contributed by atoms with Gasteiger partial charge < -0.3 is 24.7 Å². The second-order valence-electron chi connectivity index (χ2n) is 3.52. The van der Waals surface area contributed by atoms with Crippen LogP contribution in [0.3, 0.4) is 0 Å². The van der Waals surface area contributed by atoms with Gasteiger partial charge in [0.1, 0.15) is 18.2 Å². The van der Waals surface area contributed by atoms with Crippen molar-refractivity contribution in [2.45, 2.75) is 0 Å². The molecular weight excluding hydrogens is 274 g/mol. The van der Waals surface area contributed by atoms with Crippen LogP contribution in [0.1, 0.15) is 10.4 Å². The molecule has 0 unspecified atom stereocenters. The first-order valence-corrected chi connectivity index (χ1v) is 5.95. The Morgan fingerprint density at radius 1 is 1.37 bits per heavy atom. The number of aromatic carboxylic acids is 1. The van der Waals surface area contributed by atoms with E-state index >= 15 is 0 Å². The Hall–Kier alpha value is -1.79. The number of alkyl halides is 1. The van der Waals surface area contributed by atoms with Gasteiger partial charge in [0.25, 0.3) is 0 Å². The minimum atomic E-state index is -1.39. The number of carboxylic acid groups (broad SMARTS) is 1. The molecule has 0 saturated carbocycles. The van der Waals surface area contributed by atoms with Crippen molar-refractivity contribution in [2.75, 3.05) is 31.5 Å². The van der Waals surface area contributed by atoms with Gasteiger partial charge in [-0.2, -0.15) is 0 Å². The lowest BCUT2D eigenvalue weighted by molar-refractivity contribution is -0.255. The van der Waals surface area contributed by atoms with Crippen LogP contribution in [0.2, 0.25) is 0 Å².